The van der Waals surface area contributed by atoms with Crippen molar-refractivity contribution in [1.82, 2.24) is 14.9 Å². The number of cyclic esters (lactones) is 1. The van der Waals surface area contributed by atoms with Crippen LogP contribution in [0.2, 0.25) is 0 Å². The highest BCUT2D eigenvalue weighted by Crippen LogP contribution is 2.66. The molecule has 2 saturated carbocycles. The molecular formula is C33H44N4O7. The van der Waals surface area contributed by atoms with Crippen LogP contribution in [0.1, 0.15) is 38.7 Å². The number of ether oxygens (including phenoxy) is 4. The first-order valence-electron chi connectivity index (χ1n) is 16.0. The molecule has 0 aromatic carbocycles. The minimum absolute atomic E-state index is 0.0113. The van der Waals surface area contributed by atoms with Gasteiger partial charge in [-0.05, 0) is 42.7 Å². The lowest BCUT2D eigenvalue weighted by Gasteiger charge is -2.63. The van der Waals surface area contributed by atoms with E-state index in [1.54, 1.807) is 24.5 Å². The molecule has 6 aliphatic rings. The van der Waals surface area contributed by atoms with Gasteiger partial charge in [0.1, 0.15) is 11.4 Å². The molecule has 0 amide bonds. The zero-order chi connectivity index (χ0) is 30.5. The van der Waals surface area contributed by atoms with Crippen LogP contribution in [0, 0.1) is 22.7 Å². The quantitative estimate of drug-likeness (QED) is 0.363. The van der Waals surface area contributed by atoms with Gasteiger partial charge in [-0.3, -0.25) is 4.90 Å². The number of carbonyl (C=O) groups excluding carboxylic acids is 1. The third-order valence-electron chi connectivity index (χ3n) is 11.3. The number of carbonyl (C=O) groups is 1. The number of aliphatic hydroxyl groups excluding tert-OH is 2. The van der Waals surface area contributed by atoms with Crippen LogP contribution in [0.25, 0.3) is 6.08 Å². The maximum absolute atomic E-state index is 13.0. The van der Waals surface area contributed by atoms with Gasteiger partial charge in [-0.25, -0.2) is 14.8 Å². The van der Waals surface area contributed by atoms with Gasteiger partial charge in [0.05, 0.1) is 51.3 Å². The third kappa shape index (κ3) is 5.11. The highest BCUT2D eigenvalue weighted by molar-refractivity contribution is 5.96. The largest absolute Gasteiger partial charge is 0.423 e. The number of hydrogen-bond donors (Lipinski definition) is 2. The Balaban J connectivity index is 1.16. The van der Waals surface area contributed by atoms with Crippen LogP contribution in [-0.4, -0.2) is 115 Å². The van der Waals surface area contributed by atoms with Crippen LogP contribution in [-0.2, 0) is 23.7 Å². The van der Waals surface area contributed by atoms with Gasteiger partial charge in [-0.1, -0.05) is 26.0 Å². The molecule has 0 radical (unpaired) electrons. The zero-order valence-electron chi connectivity index (χ0n) is 25.7. The lowest BCUT2D eigenvalue weighted by molar-refractivity contribution is -0.186. The number of nitrogens with zero attached hydrogens (tertiary/aromatic N) is 4. The van der Waals surface area contributed by atoms with Crippen LogP contribution in [0.5, 0.6) is 0 Å². The molecule has 44 heavy (non-hydrogen) atoms. The average Bonchev–Trinajstić information content (AvgIpc) is 3.75. The summed E-state index contributed by atoms with van der Waals surface area (Å²) in [6.45, 7) is 10.8. The minimum atomic E-state index is -0.624. The Bertz CT molecular complexity index is 1330. The Morgan fingerprint density at radius 2 is 1.75 bits per heavy atom. The summed E-state index contributed by atoms with van der Waals surface area (Å²) in [5.41, 5.74) is -0.00243. The fourth-order valence-electron chi connectivity index (χ4n) is 8.73. The second-order valence-electron chi connectivity index (χ2n) is 13.7. The fourth-order valence-corrected chi connectivity index (χ4v) is 8.73. The molecule has 1 aromatic rings. The normalized spacial score (nSPS) is 40.4. The topological polar surface area (TPSA) is 130 Å². The molecule has 11 nitrogen and oxygen atoms in total. The predicted octanol–water partition coefficient (Wildman–Crippen LogP) is 1.96. The van der Waals surface area contributed by atoms with E-state index in [2.05, 4.69) is 32.8 Å². The van der Waals surface area contributed by atoms with Gasteiger partial charge < -0.3 is 34.1 Å². The molecule has 1 spiro atoms. The first kappa shape index (κ1) is 30.0. The number of rotatable bonds is 6. The number of fused-ring (bicyclic) bond motifs is 1. The Labute approximate surface area is 258 Å². The second-order valence-corrected chi connectivity index (χ2v) is 13.7. The van der Waals surface area contributed by atoms with Crippen LogP contribution < -0.4 is 4.90 Å². The van der Waals surface area contributed by atoms with Crippen molar-refractivity contribution in [2.45, 2.75) is 50.9 Å². The van der Waals surface area contributed by atoms with Gasteiger partial charge in [0.25, 0.3) is 0 Å². The van der Waals surface area contributed by atoms with Gasteiger partial charge in [0, 0.05) is 61.5 Å². The highest BCUT2D eigenvalue weighted by atomic mass is 16.6. The summed E-state index contributed by atoms with van der Waals surface area (Å²) in [5, 5.41) is 21.8. The lowest BCUT2D eigenvalue weighted by Crippen LogP contribution is -2.67. The van der Waals surface area contributed by atoms with Crippen molar-refractivity contribution in [3.63, 3.8) is 0 Å². The van der Waals surface area contributed by atoms with E-state index in [1.165, 1.54) is 0 Å². The molecule has 4 unspecified atom stereocenters. The number of hydrogen-bond acceptors (Lipinski definition) is 11. The summed E-state index contributed by atoms with van der Waals surface area (Å²) in [4.78, 5) is 26.6. The van der Waals surface area contributed by atoms with Crippen LogP contribution in [0.4, 0.5) is 5.95 Å². The van der Waals surface area contributed by atoms with Gasteiger partial charge in [0.15, 0.2) is 0 Å². The van der Waals surface area contributed by atoms with Gasteiger partial charge >= 0.3 is 5.97 Å². The average molecular weight is 609 g/mol. The number of morpholine rings is 2. The Morgan fingerprint density at radius 3 is 2.41 bits per heavy atom. The molecule has 238 valence electrons. The molecule has 2 aliphatic carbocycles. The maximum Gasteiger partial charge on any atom is 0.343 e. The van der Waals surface area contributed by atoms with E-state index >= 15 is 0 Å². The summed E-state index contributed by atoms with van der Waals surface area (Å²) in [6, 6.07) is 0.135. The molecule has 1 aromatic heterocycles. The number of anilines is 1. The number of aromatic nitrogens is 2. The molecule has 0 bridgehead atoms. The van der Waals surface area contributed by atoms with Gasteiger partial charge in [-0.15, -0.1) is 0 Å². The van der Waals surface area contributed by atoms with E-state index in [1.807, 2.05) is 13.0 Å². The van der Waals surface area contributed by atoms with E-state index in [9.17, 15) is 15.0 Å². The number of epoxide rings is 1. The monoisotopic (exact) mass is 608 g/mol. The van der Waals surface area contributed by atoms with E-state index in [0.29, 0.717) is 56.7 Å². The molecule has 5 fully saturated rings. The first-order valence-corrected chi connectivity index (χ1v) is 16.0. The van der Waals surface area contributed by atoms with E-state index in [4.69, 9.17) is 18.9 Å². The molecule has 7 atom stereocenters. The fraction of sp³-hybridized carbons (Fsp3) is 0.667. The van der Waals surface area contributed by atoms with E-state index in [0.717, 1.165) is 44.6 Å². The summed E-state index contributed by atoms with van der Waals surface area (Å²) in [7, 11) is 0. The number of allylic oxidation sites excluding steroid dienone is 1. The van der Waals surface area contributed by atoms with E-state index in [-0.39, 0.29) is 35.5 Å². The summed E-state index contributed by atoms with van der Waals surface area (Å²) in [5.74, 6) is 0.772. The Hall–Kier alpha value is -2.67. The van der Waals surface area contributed by atoms with Crippen molar-refractivity contribution < 1.29 is 34.0 Å². The third-order valence-corrected chi connectivity index (χ3v) is 11.3. The van der Waals surface area contributed by atoms with Crippen molar-refractivity contribution in [3.8, 4) is 0 Å². The number of esters is 1. The van der Waals surface area contributed by atoms with E-state index < -0.39 is 17.5 Å². The van der Waals surface area contributed by atoms with Gasteiger partial charge in [-0.2, -0.15) is 0 Å². The zero-order valence-corrected chi connectivity index (χ0v) is 25.7. The van der Waals surface area contributed by atoms with Crippen molar-refractivity contribution in [2.75, 3.05) is 70.7 Å². The Morgan fingerprint density at radius 1 is 1.07 bits per heavy atom. The van der Waals surface area contributed by atoms with Crippen LogP contribution in [0.15, 0.2) is 42.0 Å². The molecule has 3 saturated heterocycles. The smallest absolute Gasteiger partial charge is 0.343 e. The summed E-state index contributed by atoms with van der Waals surface area (Å²) >= 11 is 0. The SMILES string of the molecule is C[C@]12CC[C@@H](O)[C@@](C)(CO)C1CC(N1CCOCC1)C1(CO1)C2C=CC1=CC(=Cc2cnc(N3CCOCC3)nc2)OC1=O. The first-order chi connectivity index (χ1) is 21.3. The molecule has 2 N–H and O–H groups in total. The highest BCUT2D eigenvalue weighted by Gasteiger charge is 2.71. The van der Waals surface area contributed by atoms with Crippen molar-refractivity contribution in [2.24, 2.45) is 22.7 Å². The number of aliphatic hydroxyl groups is 2. The second kappa shape index (κ2) is 11.6. The molecule has 4 aliphatic heterocycles. The lowest BCUT2D eigenvalue weighted by atomic mass is 9.44. The van der Waals surface area contributed by atoms with Crippen molar-refractivity contribution >= 4 is 18.0 Å². The van der Waals surface area contributed by atoms with Crippen molar-refractivity contribution in [1.29, 1.82) is 0 Å². The molecule has 7 rings (SSSR count). The van der Waals surface area contributed by atoms with Gasteiger partial charge in [0.2, 0.25) is 5.95 Å². The summed E-state index contributed by atoms with van der Waals surface area (Å²) < 4.78 is 23.1. The van der Waals surface area contributed by atoms with Crippen LogP contribution >= 0.6 is 0 Å². The minimum Gasteiger partial charge on any atom is -0.423 e. The molecular weight excluding hydrogens is 564 g/mol. The Kier molecular flexibility index (Phi) is 7.91. The molecule has 11 heteroatoms. The predicted molar refractivity (Wildman–Crippen MR) is 161 cm³/mol. The molecule has 5 heterocycles. The summed E-state index contributed by atoms with van der Waals surface area (Å²) in [6.07, 6.45) is 12.8. The standard InChI is InChI=1S/C33H44N4O7/c1-31-6-5-28(39)32(2,20-38)26(31)17-27(36-7-11-41-12-8-36)33(21-43-33)25(31)4-3-23-16-24(44-29(23)40)15-22-18-34-30(35-19-22)37-9-13-42-14-10-37/h3-4,15-16,18-19,25-28,38-39H,5-14,17,20-21H2,1-2H3/t25?,26?,27?,28-,31-,32+,33?/m1/s1. The maximum atomic E-state index is 13.0. The van der Waals surface area contributed by atoms with Crippen molar-refractivity contribution in [3.05, 3.63) is 47.5 Å². The van der Waals surface area contributed by atoms with Crippen LogP contribution in [0.3, 0.4) is 0 Å².